The molecule has 0 atom stereocenters. The molecule has 0 aliphatic rings. The fraction of sp³-hybridized carbons (Fsp3) is 0.176. The maximum absolute atomic E-state index is 11.7. The lowest BCUT2D eigenvalue weighted by atomic mass is 10.2. The zero-order valence-corrected chi connectivity index (χ0v) is 14.3. The van der Waals surface area contributed by atoms with Crippen LogP contribution < -0.4 is 4.74 Å². The summed E-state index contributed by atoms with van der Waals surface area (Å²) in [5.41, 5.74) is 1.90. The summed E-state index contributed by atoms with van der Waals surface area (Å²) in [6.45, 7) is 0.276. The molecule has 2 aromatic rings. The van der Waals surface area contributed by atoms with Crippen LogP contribution in [0, 0.1) is 3.57 Å². The Labute approximate surface area is 143 Å². The lowest BCUT2D eigenvalue weighted by Gasteiger charge is -2.05. The molecular weight excluding hydrogens is 393 g/mol. The van der Waals surface area contributed by atoms with E-state index in [1.807, 2.05) is 36.4 Å². The van der Waals surface area contributed by atoms with Crippen LogP contribution in [0.5, 0.6) is 5.88 Å². The molecule has 0 fully saturated rings. The molecule has 1 heterocycles. The molecule has 0 spiro atoms. The minimum atomic E-state index is -0.360. The highest BCUT2D eigenvalue weighted by molar-refractivity contribution is 14.1. The Morgan fingerprint density at radius 1 is 1.32 bits per heavy atom. The largest absolute Gasteiger partial charge is 0.481 e. The number of nitrogens with zero attached hydrogens (tertiary/aromatic N) is 1. The zero-order valence-electron chi connectivity index (χ0n) is 12.2. The number of hydrogen-bond donors (Lipinski definition) is 0. The predicted octanol–water partition coefficient (Wildman–Crippen LogP) is 3.54. The number of halogens is 1. The highest BCUT2D eigenvalue weighted by atomic mass is 127. The Morgan fingerprint density at radius 2 is 2.09 bits per heavy atom. The van der Waals surface area contributed by atoms with Crippen LogP contribution in [0.25, 0.3) is 0 Å². The molecule has 1 aromatic carbocycles. The minimum Gasteiger partial charge on any atom is -0.481 e. The van der Waals surface area contributed by atoms with Crippen molar-refractivity contribution < 1.29 is 14.3 Å². The molecule has 0 saturated carbocycles. The van der Waals surface area contributed by atoms with E-state index in [-0.39, 0.29) is 12.6 Å². The van der Waals surface area contributed by atoms with Crippen molar-refractivity contribution in [1.82, 2.24) is 4.98 Å². The van der Waals surface area contributed by atoms with Gasteiger partial charge < -0.3 is 9.47 Å². The monoisotopic (exact) mass is 409 g/mol. The molecule has 4 nitrogen and oxygen atoms in total. The highest BCUT2D eigenvalue weighted by Crippen LogP contribution is 2.18. The molecular formula is C17H16INO3. The number of benzene rings is 1. The van der Waals surface area contributed by atoms with Crippen molar-refractivity contribution in [1.29, 1.82) is 0 Å². The first-order chi connectivity index (χ1) is 10.7. The standard InChI is InChI=1S/C17H16INO3/c1-21-17-14(10-15(18)11-19-17)8-5-9-16(20)22-12-13-6-3-2-4-7-13/h2-7,9-11H,8,12H2,1H3/b9-5+. The van der Waals surface area contributed by atoms with Gasteiger partial charge in [-0.05, 0) is 40.6 Å². The molecule has 0 N–H and O–H groups in total. The van der Waals surface area contributed by atoms with Gasteiger partial charge in [-0.1, -0.05) is 36.4 Å². The summed E-state index contributed by atoms with van der Waals surface area (Å²) in [7, 11) is 1.58. The lowest BCUT2D eigenvalue weighted by molar-refractivity contribution is -0.139. The molecule has 0 bridgehead atoms. The van der Waals surface area contributed by atoms with Gasteiger partial charge in [-0.3, -0.25) is 0 Å². The van der Waals surface area contributed by atoms with E-state index in [1.54, 1.807) is 19.4 Å². The van der Waals surface area contributed by atoms with E-state index >= 15 is 0 Å². The maximum Gasteiger partial charge on any atom is 0.330 e. The van der Waals surface area contributed by atoms with Crippen LogP contribution in [0.15, 0.2) is 54.7 Å². The van der Waals surface area contributed by atoms with Crippen molar-refractivity contribution in [2.24, 2.45) is 0 Å². The number of carbonyl (C=O) groups excluding carboxylic acids is 1. The smallest absolute Gasteiger partial charge is 0.330 e. The molecule has 22 heavy (non-hydrogen) atoms. The van der Waals surface area contributed by atoms with Crippen molar-refractivity contribution >= 4 is 28.6 Å². The first-order valence-electron chi connectivity index (χ1n) is 6.74. The van der Waals surface area contributed by atoms with E-state index in [0.29, 0.717) is 12.3 Å². The van der Waals surface area contributed by atoms with E-state index < -0.39 is 0 Å². The molecule has 0 radical (unpaired) electrons. The number of rotatable bonds is 6. The van der Waals surface area contributed by atoms with Crippen LogP contribution in [0.1, 0.15) is 11.1 Å². The first-order valence-corrected chi connectivity index (χ1v) is 7.82. The lowest BCUT2D eigenvalue weighted by Crippen LogP contribution is -2.01. The van der Waals surface area contributed by atoms with Gasteiger partial charge in [0.1, 0.15) is 6.61 Å². The molecule has 0 saturated heterocycles. The molecule has 0 aliphatic carbocycles. The minimum absolute atomic E-state index is 0.276. The van der Waals surface area contributed by atoms with Gasteiger partial charge in [0.05, 0.1) is 7.11 Å². The summed E-state index contributed by atoms with van der Waals surface area (Å²) in [6.07, 6.45) is 5.49. The number of methoxy groups -OCH3 is 1. The number of pyridine rings is 1. The third-order valence-corrected chi connectivity index (χ3v) is 3.49. The number of ether oxygens (including phenoxy) is 2. The van der Waals surface area contributed by atoms with Gasteiger partial charge in [0, 0.05) is 21.4 Å². The van der Waals surface area contributed by atoms with Crippen molar-refractivity contribution in [2.45, 2.75) is 13.0 Å². The summed E-state index contributed by atoms with van der Waals surface area (Å²) in [5, 5.41) is 0. The van der Waals surface area contributed by atoms with Gasteiger partial charge >= 0.3 is 5.97 Å². The number of hydrogen-bond acceptors (Lipinski definition) is 4. The Balaban J connectivity index is 1.87. The third-order valence-electron chi connectivity index (χ3n) is 2.90. The van der Waals surface area contributed by atoms with Crippen molar-refractivity contribution in [3.05, 3.63) is 69.4 Å². The van der Waals surface area contributed by atoms with Gasteiger partial charge in [-0.2, -0.15) is 0 Å². The average molecular weight is 409 g/mol. The Morgan fingerprint density at radius 3 is 2.82 bits per heavy atom. The molecule has 0 unspecified atom stereocenters. The number of carbonyl (C=O) groups is 1. The van der Waals surface area contributed by atoms with Gasteiger partial charge in [0.15, 0.2) is 0 Å². The summed E-state index contributed by atoms with van der Waals surface area (Å²) in [4.78, 5) is 15.9. The van der Waals surface area contributed by atoms with Gasteiger partial charge in [-0.15, -0.1) is 0 Å². The van der Waals surface area contributed by atoms with Gasteiger partial charge in [0.2, 0.25) is 5.88 Å². The Kier molecular flexibility index (Phi) is 6.39. The summed E-state index contributed by atoms with van der Waals surface area (Å²) in [5.74, 6) is 0.212. The van der Waals surface area contributed by atoms with Crippen molar-refractivity contribution in [3.63, 3.8) is 0 Å². The average Bonchev–Trinajstić information content (AvgIpc) is 2.54. The normalized spacial score (nSPS) is 10.6. The molecule has 2 rings (SSSR count). The van der Waals surface area contributed by atoms with E-state index in [9.17, 15) is 4.79 Å². The molecule has 114 valence electrons. The fourth-order valence-corrected chi connectivity index (χ4v) is 2.37. The zero-order chi connectivity index (χ0) is 15.8. The topological polar surface area (TPSA) is 48.4 Å². The Hall–Kier alpha value is -1.89. The molecule has 0 amide bonds. The van der Waals surface area contributed by atoms with Crippen molar-refractivity contribution in [2.75, 3.05) is 7.11 Å². The predicted molar refractivity (Wildman–Crippen MR) is 92.6 cm³/mol. The summed E-state index contributed by atoms with van der Waals surface area (Å²) in [6, 6.07) is 11.6. The van der Waals surface area contributed by atoms with Crippen LogP contribution in [-0.4, -0.2) is 18.1 Å². The van der Waals surface area contributed by atoms with Gasteiger partial charge in [0.25, 0.3) is 0 Å². The van der Waals surface area contributed by atoms with Crippen LogP contribution in [-0.2, 0) is 22.6 Å². The second-order valence-corrected chi connectivity index (χ2v) is 5.77. The van der Waals surface area contributed by atoms with E-state index in [4.69, 9.17) is 9.47 Å². The van der Waals surface area contributed by atoms with Crippen LogP contribution in [0.4, 0.5) is 0 Å². The summed E-state index contributed by atoms with van der Waals surface area (Å²) >= 11 is 2.19. The third kappa shape index (κ3) is 5.14. The van der Waals surface area contributed by atoms with E-state index in [2.05, 4.69) is 27.6 Å². The number of aromatic nitrogens is 1. The van der Waals surface area contributed by atoms with Crippen molar-refractivity contribution in [3.8, 4) is 5.88 Å². The first kappa shape index (κ1) is 16.5. The molecule has 1 aromatic heterocycles. The summed E-state index contributed by atoms with van der Waals surface area (Å²) < 4.78 is 11.4. The number of allylic oxidation sites excluding steroid dienone is 1. The molecule has 5 heteroatoms. The van der Waals surface area contributed by atoms with Crippen LogP contribution >= 0.6 is 22.6 Å². The van der Waals surface area contributed by atoms with Gasteiger partial charge in [-0.25, -0.2) is 9.78 Å². The highest BCUT2D eigenvalue weighted by Gasteiger charge is 2.04. The second-order valence-electron chi connectivity index (χ2n) is 4.52. The maximum atomic E-state index is 11.7. The SMILES string of the molecule is COc1ncc(I)cc1C/C=C/C(=O)OCc1ccccc1. The van der Waals surface area contributed by atoms with Crippen LogP contribution in [0.2, 0.25) is 0 Å². The van der Waals surface area contributed by atoms with Crippen LogP contribution in [0.3, 0.4) is 0 Å². The second kappa shape index (κ2) is 8.53. The number of esters is 1. The quantitative estimate of drug-likeness (QED) is 0.416. The van der Waals surface area contributed by atoms with E-state index in [0.717, 1.165) is 14.7 Å². The fourth-order valence-electron chi connectivity index (χ4n) is 1.86. The Bertz CT molecular complexity index is 656. The van der Waals surface area contributed by atoms with E-state index in [1.165, 1.54) is 6.08 Å². The molecule has 0 aliphatic heterocycles.